The summed E-state index contributed by atoms with van der Waals surface area (Å²) in [4.78, 5) is 45.2. The average molecular weight is 577 g/mol. The monoisotopic (exact) mass is 576 g/mol. The van der Waals surface area contributed by atoms with Gasteiger partial charge in [0.15, 0.2) is 28.2 Å². The summed E-state index contributed by atoms with van der Waals surface area (Å²) in [6.07, 6.45) is 3.78. The lowest BCUT2D eigenvalue weighted by Gasteiger charge is -2.25. The van der Waals surface area contributed by atoms with Crippen LogP contribution in [0.2, 0.25) is 0 Å². The van der Waals surface area contributed by atoms with Crippen molar-refractivity contribution in [2.75, 3.05) is 25.7 Å². The third-order valence-corrected chi connectivity index (χ3v) is 7.66. The van der Waals surface area contributed by atoms with Gasteiger partial charge < -0.3 is 19.3 Å². The second-order valence-electron chi connectivity index (χ2n) is 9.79. The Labute approximate surface area is 242 Å². The van der Waals surface area contributed by atoms with Gasteiger partial charge in [-0.05, 0) is 48.6 Å². The fourth-order valence-corrected chi connectivity index (χ4v) is 5.35. The molecule has 0 fully saturated rings. The first-order chi connectivity index (χ1) is 19.7. The first-order valence-electron chi connectivity index (χ1n) is 13.1. The Morgan fingerprint density at radius 2 is 1.85 bits per heavy atom. The first-order valence-corrected chi connectivity index (χ1v) is 13.9. The SMILES string of the molecule is COC(=O)c1sc(N2C(=O)C(O)=C(C(=O)/C=C/c3ccccc3)C2c2ccc(OCCC(C)C)c(OC)c2)nc1C. The van der Waals surface area contributed by atoms with E-state index in [1.165, 1.54) is 25.2 Å². The summed E-state index contributed by atoms with van der Waals surface area (Å²) in [5.41, 5.74) is 1.50. The number of amides is 1. The van der Waals surface area contributed by atoms with E-state index in [4.69, 9.17) is 14.2 Å². The van der Waals surface area contributed by atoms with Crippen molar-refractivity contribution in [1.82, 2.24) is 4.98 Å². The van der Waals surface area contributed by atoms with Crippen molar-refractivity contribution in [3.8, 4) is 11.5 Å². The molecular weight excluding hydrogens is 544 g/mol. The van der Waals surface area contributed by atoms with Crippen LogP contribution in [-0.4, -0.2) is 48.6 Å². The highest BCUT2D eigenvalue weighted by atomic mass is 32.1. The molecule has 1 unspecified atom stereocenters. The molecule has 1 atom stereocenters. The number of aliphatic hydroxyl groups is 1. The van der Waals surface area contributed by atoms with Gasteiger partial charge in [0.25, 0.3) is 5.91 Å². The number of carbonyl (C=O) groups is 3. The van der Waals surface area contributed by atoms with Gasteiger partial charge >= 0.3 is 5.97 Å². The number of ketones is 1. The maximum Gasteiger partial charge on any atom is 0.350 e. The summed E-state index contributed by atoms with van der Waals surface area (Å²) in [7, 11) is 2.76. The molecule has 10 heteroatoms. The molecule has 2 aromatic carbocycles. The third-order valence-electron chi connectivity index (χ3n) is 6.52. The van der Waals surface area contributed by atoms with Crippen molar-refractivity contribution in [2.24, 2.45) is 5.92 Å². The maximum atomic E-state index is 13.6. The highest BCUT2D eigenvalue weighted by Crippen LogP contribution is 2.45. The van der Waals surface area contributed by atoms with Gasteiger partial charge in [-0.25, -0.2) is 9.78 Å². The molecule has 214 valence electrons. The Kier molecular flexibility index (Phi) is 9.24. The van der Waals surface area contributed by atoms with Crippen LogP contribution in [0.25, 0.3) is 6.08 Å². The maximum absolute atomic E-state index is 13.6. The minimum atomic E-state index is -1.05. The second kappa shape index (κ2) is 12.8. The van der Waals surface area contributed by atoms with Crippen molar-refractivity contribution in [3.05, 3.63) is 87.6 Å². The molecule has 0 spiro atoms. The summed E-state index contributed by atoms with van der Waals surface area (Å²) in [6.45, 7) is 6.32. The molecule has 1 N–H and O–H groups in total. The van der Waals surface area contributed by atoms with Gasteiger partial charge in [-0.15, -0.1) is 0 Å². The van der Waals surface area contributed by atoms with E-state index in [0.29, 0.717) is 35.3 Å². The predicted molar refractivity (Wildman–Crippen MR) is 156 cm³/mol. The predicted octanol–water partition coefficient (Wildman–Crippen LogP) is 5.85. The zero-order valence-corrected chi connectivity index (χ0v) is 24.4. The molecule has 3 aromatic rings. The van der Waals surface area contributed by atoms with E-state index in [-0.39, 0.29) is 15.6 Å². The van der Waals surface area contributed by atoms with Gasteiger partial charge in [0.2, 0.25) is 0 Å². The van der Waals surface area contributed by atoms with Crippen LogP contribution in [0.4, 0.5) is 5.13 Å². The average Bonchev–Trinajstić information content (AvgIpc) is 3.48. The molecule has 1 aliphatic heterocycles. The Morgan fingerprint density at radius 1 is 1.12 bits per heavy atom. The van der Waals surface area contributed by atoms with E-state index in [1.54, 1.807) is 31.2 Å². The minimum absolute atomic E-state index is 0.120. The number of aliphatic hydroxyl groups excluding tert-OH is 1. The number of rotatable bonds is 11. The normalized spacial score (nSPS) is 15.2. The Bertz CT molecular complexity index is 1510. The molecule has 1 aromatic heterocycles. The molecule has 0 saturated heterocycles. The van der Waals surface area contributed by atoms with Crippen LogP contribution in [0, 0.1) is 12.8 Å². The molecule has 0 bridgehead atoms. The smallest absolute Gasteiger partial charge is 0.350 e. The molecule has 9 nitrogen and oxygen atoms in total. The minimum Gasteiger partial charge on any atom is -0.503 e. The number of methoxy groups -OCH3 is 2. The van der Waals surface area contributed by atoms with Crippen molar-refractivity contribution in [1.29, 1.82) is 0 Å². The molecule has 1 amide bonds. The van der Waals surface area contributed by atoms with E-state index in [9.17, 15) is 19.5 Å². The second-order valence-corrected chi connectivity index (χ2v) is 10.8. The van der Waals surface area contributed by atoms with Crippen LogP contribution in [-0.2, 0) is 14.3 Å². The van der Waals surface area contributed by atoms with Crippen LogP contribution < -0.4 is 14.4 Å². The highest BCUT2D eigenvalue weighted by Gasteiger charge is 2.45. The highest BCUT2D eigenvalue weighted by molar-refractivity contribution is 7.17. The summed E-state index contributed by atoms with van der Waals surface area (Å²) in [5.74, 6) is -1.28. The van der Waals surface area contributed by atoms with Crippen molar-refractivity contribution in [2.45, 2.75) is 33.2 Å². The fraction of sp³-hybridized carbons (Fsp3) is 0.290. The molecule has 41 heavy (non-hydrogen) atoms. The molecule has 0 aliphatic carbocycles. The van der Waals surface area contributed by atoms with Gasteiger partial charge in [0, 0.05) is 0 Å². The number of esters is 1. The Balaban J connectivity index is 1.79. The van der Waals surface area contributed by atoms with Crippen LogP contribution in [0.15, 0.2) is 65.9 Å². The van der Waals surface area contributed by atoms with Crippen LogP contribution >= 0.6 is 11.3 Å². The summed E-state index contributed by atoms with van der Waals surface area (Å²) >= 11 is 0.941. The van der Waals surface area contributed by atoms with E-state index >= 15 is 0 Å². The quantitative estimate of drug-likeness (QED) is 0.223. The third kappa shape index (κ3) is 6.33. The Hall–Kier alpha value is -4.44. The number of thiazole rings is 1. The molecule has 0 saturated carbocycles. The lowest BCUT2D eigenvalue weighted by atomic mass is 9.95. The van der Waals surface area contributed by atoms with Gasteiger partial charge in [-0.2, -0.15) is 0 Å². The molecule has 1 aliphatic rings. The zero-order chi connectivity index (χ0) is 29.7. The molecule has 4 rings (SSSR count). The lowest BCUT2D eigenvalue weighted by Crippen LogP contribution is -2.30. The molecule has 0 radical (unpaired) electrons. The van der Waals surface area contributed by atoms with Crippen LogP contribution in [0.1, 0.15) is 52.8 Å². The van der Waals surface area contributed by atoms with Crippen molar-refractivity contribution in [3.63, 3.8) is 0 Å². The number of benzene rings is 2. The van der Waals surface area contributed by atoms with Gasteiger partial charge in [-0.1, -0.05) is 67.7 Å². The number of ether oxygens (including phenoxy) is 3. The number of aromatic nitrogens is 1. The van der Waals surface area contributed by atoms with E-state index in [2.05, 4.69) is 18.8 Å². The summed E-state index contributed by atoms with van der Waals surface area (Å²) < 4.78 is 16.4. The number of carbonyl (C=O) groups excluding carboxylic acids is 3. The zero-order valence-electron chi connectivity index (χ0n) is 23.5. The number of aryl methyl sites for hydroxylation is 1. The van der Waals surface area contributed by atoms with Crippen LogP contribution in [0.3, 0.4) is 0 Å². The van der Waals surface area contributed by atoms with Crippen molar-refractivity contribution < 1.29 is 33.7 Å². The number of hydrogen-bond acceptors (Lipinski definition) is 9. The number of hydrogen-bond donors (Lipinski definition) is 1. The largest absolute Gasteiger partial charge is 0.503 e. The van der Waals surface area contributed by atoms with E-state index in [1.807, 2.05) is 30.3 Å². The van der Waals surface area contributed by atoms with Crippen LogP contribution in [0.5, 0.6) is 11.5 Å². The van der Waals surface area contributed by atoms with E-state index < -0.39 is 29.5 Å². The number of allylic oxidation sites excluding steroid dienone is 1. The fourth-order valence-electron chi connectivity index (χ4n) is 4.34. The van der Waals surface area contributed by atoms with Gasteiger partial charge in [-0.3, -0.25) is 14.5 Å². The summed E-state index contributed by atoms with van der Waals surface area (Å²) in [5, 5.41) is 11.2. The number of nitrogens with zero attached hydrogens (tertiary/aromatic N) is 2. The van der Waals surface area contributed by atoms with Crippen molar-refractivity contribution >= 4 is 40.2 Å². The topological polar surface area (TPSA) is 115 Å². The summed E-state index contributed by atoms with van der Waals surface area (Å²) in [6, 6.07) is 13.2. The number of anilines is 1. The molecular formula is C31H32N2O7S. The van der Waals surface area contributed by atoms with Gasteiger partial charge in [0.05, 0.1) is 38.1 Å². The lowest BCUT2D eigenvalue weighted by molar-refractivity contribution is -0.117. The Morgan fingerprint density at radius 3 is 2.51 bits per heavy atom. The van der Waals surface area contributed by atoms with E-state index in [0.717, 1.165) is 23.3 Å². The van der Waals surface area contributed by atoms with Gasteiger partial charge in [0.1, 0.15) is 4.88 Å². The first kappa shape index (κ1) is 29.5. The molecule has 2 heterocycles. The standard InChI is InChI=1S/C31H32N2O7S/c1-18(2)15-16-40-23-14-12-21(17-24(23)38-4)26-25(22(34)13-11-20-9-7-6-8-10-20)27(35)29(36)33(26)31-32-19(3)28(41-31)30(37)39-5/h6-14,17-18,26,35H,15-16H2,1-5H3/b13-11+.